The first kappa shape index (κ1) is 16.4. The minimum Gasteiger partial charge on any atom is -0.335 e. The molecule has 0 N–H and O–H groups in total. The molecule has 1 fully saturated rings. The van der Waals surface area contributed by atoms with Crippen molar-refractivity contribution in [2.24, 2.45) is 0 Å². The van der Waals surface area contributed by atoms with Crippen LogP contribution in [0.1, 0.15) is 20.8 Å². The highest BCUT2D eigenvalue weighted by atomic mass is 35.5. The number of aromatic nitrogens is 1. The molecule has 5 nitrogen and oxygen atoms in total. The summed E-state index contributed by atoms with van der Waals surface area (Å²) in [5.74, 6) is -1.19. The van der Waals surface area contributed by atoms with E-state index >= 15 is 0 Å². The van der Waals surface area contributed by atoms with Gasteiger partial charge >= 0.3 is 0 Å². The summed E-state index contributed by atoms with van der Waals surface area (Å²) < 4.78 is 13.8. The Morgan fingerprint density at radius 3 is 2.29 bits per heavy atom. The van der Waals surface area contributed by atoms with E-state index < -0.39 is 11.7 Å². The minimum absolute atomic E-state index is 0.0491. The zero-order valence-corrected chi connectivity index (χ0v) is 13.5. The van der Waals surface area contributed by atoms with Crippen LogP contribution >= 0.6 is 11.6 Å². The van der Waals surface area contributed by atoms with E-state index in [2.05, 4.69) is 4.98 Å². The summed E-state index contributed by atoms with van der Waals surface area (Å²) in [5, 5.41) is 0.309. The third-order valence-electron chi connectivity index (χ3n) is 3.90. The van der Waals surface area contributed by atoms with Crippen molar-refractivity contribution < 1.29 is 14.0 Å². The lowest BCUT2D eigenvalue weighted by Gasteiger charge is -2.34. The summed E-state index contributed by atoms with van der Waals surface area (Å²) in [4.78, 5) is 32.0. The van der Waals surface area contributed by atoms with Crippen molar-refractivity contribution in [1.29, 1.82) is 0 Å². The molecule has 0 aliphatic carbocycles. The van der Waals surface area contributed by atoms with E-state index in [0.29, 0.717) is 36.9 Å². The molecule has 2 amide bonds. The highest BCUT2D eigenvalue weighted by molar-refractivity contribution is 6.31. The van der Waals surface area contributed by atoms with Crippen molar-refractivity contribution in [2.45, 2.75) is 0 Å². The second-order valence-electron chi connectivity index (χ2n) is 5.42. The van der Waals surface area contributed by atoms with Crippen LogP contribution < -0.4 is 0 Å². The fourth-order valence-corrected chi connectivity index (χ4v) is 2.77. The Bertz CT molecular complexity index is 762. The molecule has 1 saturated heterocycles. The zero-order valence-electron chi connectivity index (χ0n) is 12.8. The summed E-state index contributed by atoms with van der Waals surface area (Å²) in [5.41, 5.74) is 0.324. The molecule has 1 aromatic carbocycles. The van der Waals surface area contributed by atoms with Crippen molar-refractivity contribution in [3.8, 4) is 0 Å². The van der Waals surface area contributed by atoms with Crippen molar-refractivity contribution in [3.05, 3.63) is 64.7 Å². The number of rotatable bonds is 2. The molecule has 1 aliphatic heterocycles. The Hall–Kier alpha value is -2.47. The van der Waals surface area contributed by atoms with Crippen LogP contribution in [-0.2, 0) is 0 Å². The van der Waals surface area contributed by atoms with Crippen LogP contribution in [0, 0.1) is 5.82 Å². The molecule has 0 radical (unpaired) electrons. The maximum absolute atomic E-state index is 13.8. The maximum atomic E-state index is 13.8. The van der Waals surface area contributed by atoms with Crippen LogP contribution in [0.2, 0.25) is 5.02 Å². The second kappa shape index (κ2) is 6.97. The third-order valence-corrected chi connectivity index (χ3v) is 4.13. The van der Waals surface area contributed by atoms with E-state index in [9.17, 15) is 14.0 Å². The SMILES string of the molecule is O=C(c1ccccn1)N1CCN(C(=O)c2cc(Cl)ccc2F)CC1. The molecule has 0 unspecified atom stereocenters. The van der Waals surface area contributed by atoms with Gasteiger partial charge in [-0.25, -0.2) is 4.39 Å². The predicted octanol–water partition coefficient (Wildman–Crippen LogP) is 2.47. The summed E-state index contributed by atoms with van der Waals surface area (Å²) >= 11 is 5.84. The Morgan fingerprint density at radius 2 is 1.67 bits per heavy atom. The van der Waals surface area contributed by atoms with Crippen molar-refractivity contribution in [1.82, 2.24) is 14.8 Å². The molecule has 7 heteroatoms. The maximum Gasteiger partial charge on any atom is 0.272 e. The first-order valence-corrected chi connectivity index (χ1v) is 7.88. The second-order valence-corrected chi connectivity index (χ2v) is 5.86. The molecule has 0 spiro atoms. The molecule has 124 valence electrons. The van der Waals surface area contributed by atoms with Gasteiger partial charge in [0.05, 0.1) is 5.56 Å². The van der Waals surface area contributed by atoms with Crippen LogP contribution in [0.25, 0.3) is 0 Å². The number of carbonyl (C=O) groups is 2. The standard InChI is InChI=1S/C17H15ClFN3O2/c18-12-4-5-14(19)13(11-12)16(23)21-7-9-22(10-8-21)17(24)15-3-1-2-6-20-15/h1-6,11H,7-10H2. The molecule has 0 atom stereocenters. The lowest BCUT2D eigenvalue weighted by atomic mass is 10.1. The number of piperazine rings is 1. The average Bonchev–Trinajstić information content (AvgIpc) is 2.63. The van der Waals surface area contributed by atoms with Gasteiger partial charge in [-0.05, 0) is 30.3 Å². The van der Waals surface area contributed by atoms with Gasteiger partial charge in [0, 0.05) is 37.4 Å². The van der Waals surface area contributed by atoms with E-state index in [0.717, 1.165) is 0 Å². The lowest BCUT2D eigenvalue weighted by molar-refractivity contribution is 0.0529. The normalized spacial score (nSPS) is 14.6. The predicted molar refractivity (Wildman–Crippen MR) is 87.5 cm³/mol. The number of halogens is 2. The van der Waals surface area contributed by atoms with Gasteiger partial charge in [0.2, 0.25) is 0 Å². The van der Waals surface area contributed by atoms with Gasteiger partial charge in [0.15, 0.2) is 0 Å². The van der Waals surface area contributed by atoms with E-state index in [1.54, 1.807) is 29.3 Å². The van der Waals surface area contributed by atoms with E-state index in [1.165, 1.54) is 23.1 Å². The molecule has 0 saturated carbocycles. The average molecular weight is 348 g/mol. The number of carbonyl (C=O) groups excluding carboxylic acids is 2. The fourth-order valence-electron chi connectivity index (χ4n) is 2.60. The Labute approximate surface area is 143 Å². The first-order valence-electron chi connectivity index (χ1n) is 7.51. The van der Waals surface area contributed by atoms with Gasteiger partial charge in [-0.2, -0.15) is 0 Å². The fraction of sp³-hybridized carbons (Fsp3) is 0.235. The van der Waals surface area contributed by atoms with Crippen LogP contribution in [-0.4, -0.2) is 52.8 Å². The third kappa shape index (κ3) is 3.38. The molecule has 3 rings (SSSR count). The van der Waals surface area contributed by atoms with Gasteiger partial charge in [0.25, 0.3) is 11.8 Å². The Kier molecular flexibility index (Phi) is 4.76. The molecule has 2 aromatic rings. The molecule has 1 aliphatic rings. The van der Waals surface area contributed by atoms with Crippen LogP contribution in [0.4, 0.5) is 4.39 Å². The summed E-state index contributed by atoms with van der Waals surface area (Å²) in [6, 6.07) is 9.05. The summed E-state index contributed by atoms with van der Waals surface area (Å²) in [6.45, 7) is 1.43. The zero-order chi connectivity index (χ0) is 17.1. The van der Waals surface area contributed by atoms with Gasteiger partial charge in [-0.15, -0.1) is 0 Å². The smallest absolute Gasteiger partial charge is 0.272 e. The van der Waals surface area contributed by atoms with Crippen molar-refractivity contribution >= 4 is 23.4 Å². The van der Waals surface area contributed by atoms with Gasteiger partial charge < -0.3 is 9.80 Å². The molecular formula is C17H15ClFN3O2. The number of hydrogen-bond donors (Lipinski definition) is 0. The number of benzene rings is 1. The quantitative estimate of drug-likeness (QED) is 0.838. The van der Waals surface area contributed by atoms with E-state index in [4.69, 9.17) is 11.6 Å². The number of pyridine rings is 1. The van der Waals surface area contributed by atoms with E-state index in [1.807, 2.05) is 0 Å². The van der Waals surface area contributed by atoms with Crippen LogP contribution in [0.5, 0.6) is 0 Å². The van der Waals surface area contributed by atoms with Crippen molar-refractivity contribution in [2.75, 3.05) is 26.2 Å². The lowest BCUT2D eigenvalue weighted by Crippen LogP contribution is -2.50. The van der Waals surface area contributed by atoms with Gasteiger partial charge in [0.1, 0.15) is 11.5 Å². The largest absolute Gasteiger partial charge is 0.335 e. The van der Waals surface area contributed by atoms with Crippen LogP contribution in [0.3, 0.4) is 0 Å². The number of hydrogen-bond acceptors (Lipinski definition) is 3. The number of nitrogens with zero attached hydrogens (tertiary/aromatic N) is 3. The molecule has 2 heterocycles. The Morgan fingerprint density at radius 1 is 1.00 bits per heavy atom. The van der Waals surface area contributed by atoms with Crippen LogP contribution in [0.15, 0.2) is 42.6 Å². The molecule has 0 bridgehead atoms. The van der Waals surface area contributed by atoms with Crippen molar-refractivity contribution in [3.63, 3.8) is 0 Å². The first-order chi connectivity index (χ1) is 11.6. The molecule has 1 aromatic heterocycles. The number of amides is 2. The summed E-state index contributed by atoms with van der Waals surface area (Å²) in [6.07, 6.45) is 1.56. The topological polar surface area (TPSA) is 53.5 Å². The Balaban J connectivity index is 1.66. The molecular weight excluding hydrogens is 333 g/mol. The van der Waals surface area contributed by atoms with E-state index in [-0.39, 0.29) is 11.5 Å². The summed E-state index contributed by atoms with van der Waals surface area (Å²) in [7, 11) is 0. The highest BCUT2D eigenvalue weighted by Crippen LogP contribution is 2.18. The monoisotopic (exact) mass is 347 g/mol. The highest BCUT2D eigenvalue weighted by Gasteiger charge is 2.27. The minimum atomic E-state index is -0.601. The van der Waals surface area contributed by atoms with Gasteiger partial charge in [-0.1, -0.05) is 17.7 Å². The van der Waals surface area contributed by atoms with Gasteiger partial charge in [-0.3, -0.25) is 14.6 Å². The molecule has 24 heavy (non-hydrogen) atoms.